The number of hydrogen-bond donors (Lipinski definition) is 1. The van der Waals surface area contributed by atoms with Crippen molar-refractivity contribution in [3.63, 3.8) is 0 Å². The molecule has 3 heterocycles. The molecule has 0 spiro atoms. The van der Waals surface area contributed by atoms with Crippen molar-refractivity contribution in [2.75, 3.05) is 25.2 Å². The Hall–Kier alpha value is -3.92. The number of aryl methyl sites for hydroxylation is 1. The Kier molecular flexibility index (Phi) is 5.21. The van der Waals surface area contributed by atoms with E-state index >= 15 is 0 Å². The van der Waals surface area contributed by atoms with Crippen molar-refractivity contribution in [2.45, 2.75) is 13.0 Å². The third-order valence-electron chi connectivity index (χ3n) is 5.39. The number of ether oxygens (including phenoxy) is 3. The minimum atomic E-state index is -0.916. The highest BCUT2D eigenvalue weighted by Gasteiger charge is 2.48. The van der Waals surface area contributed by atoms with E-state index in [4.69, 9.17) is 14.2 Å². The van der Waals surface area contributed by atoms with Crippen molar-refractivity contribution in [2.24, 2.45) is 0 Å². The Balaban J connectivity index is 1.70. The first-order chi connectivity index (χ1) is 16.0. The first-order valence-electron chi connectivity index (χ1n) is 10.1. The van der Waals surface area contributed by atoms with Crippen molar-refractivity contribution in [1.82, 2.24) is 10.2 Å². The van der Waals surface area contributed by atoms with Gasteiger partial charge >= 0.3 is 5.91 Å². The molecule has 1 N–H and O–H groups in total. The highest BCUT2D eigenvalue weighted by Crippen LogP contribution is 2.44. The predicted octanol–water partition coefficient (Wildman–Crippen LogP) is 3.25. The summed E-state index contributed by atoms with van der Waals surface area (Å²) in [6.07, 6.45) is 0. The molecule has 5 rings (SSSR count). The lowest BCUT2D eigenvalue weighted by Crippen LogP contribution is -2.29. The summed E-state index contributed by atoms with van der Waals surface area (Å²) >= 11 is 1.19. The number of aromatic nitrogens is 2. The summed E-state index contributed by atoms with van der Waals surface area (Å²) in [6, 6.07) is 10.9. The number of carbonyl (C=O) groups excluding carboxylic acids is 2. The first kappa shape index (κ1) is 21.0. The van der Waals surface area contributed by atoms with E-state index in [1.807, 2.05) is 0 Å². The first-order valence-corrected chi connectivity index (χ1v) is 10.9. The molecule has 2 aromatic carbocycles. The molecule has 0 aliphatic carbocycles. The van der Waals surface area contributed by atoms with E-state index in [-0.39, 0.29) is 16.5 Å². The van der Waals surface area contributed by atoms with Gasteiger partial charge in [0.1, 0.15) is 29.7 Å². The van der Waals surface area contributed by atoms with Gasteiger partial charge in [-0.25, -0.2) is 0 Å². The molecule has 0 radical (unpaired) electrons. The Morgan fingerprint density at radius 1 is 1.12 bits per heavy atom. The lowest BCUT2D eigenvalue weighted by Gasteiger charge is -2.23. The lowest BCUT2D eigenvalue weighted by atomic mass is 9.95. The third-order valence-corrected chi connectivity index (χ3v) is 6.23. The van der Waals surface area contributed by atoms with Gasteiger partial charge in [0.05, 0.1) is 18.7 Å². The molecule has 1 amide bonds. The Bertz CT molecular complexity index is 1300. The zero-order valence-electron chi connectivity index (χ0n) is 17.8. The number of rotatable bonds is 4. The van der Waals surface area contributed by atoms with Crippen LogP contribution in [-0.2, 0) is 9.59 Å². The number of amides is 1. The van der Waals surface area contributed by atoms with E-state index in [1.165, 1.54) is 23.3 Å². The molecule has 9 nitrogen and oxygen atoms in total. The number of methoxy groups -OCH3 is 1. The summed E-state index contributed by atoms with van der Waals surface area (Å²) in [5.74, 6) is -0.377. The number of aliphatic hydroxyl groups is 1. The van der Waals surface area contributed by atoms with Crippen LogP contribution in [0.5, 0.6) is 17.2 Å². The van der Waals surface area contributed by atoms with E-state index in [9.17, 15) is 14.7 Å². The average molecular weight is 465 g/mol. The van der Waals surface area contributed by atoms with Crippen LogP contribution in [0.4, 0.5) is 5.13 Å². The van der Waals surface area contributed by atoms with Crippen molar-refractivity contribution in [3.05, 3.63) is 64.2 Å². The average Bonchev–Trinajstić information content (AvgIpc) is 3.38. The molecule has 10 heteroatoms. The fraction of sp³-hybridized carbons (Fsp3) is 0.217. The largest absolute Gasteiger partial charge is 0.507 e. The maximum absolute atomic E-state index is 13.2. The van der Waals surface area contributed by atoms with Crippen LogP contribution in [0, 0.1) is 6.92 Å². The molecule has 1 fully saturated rings. The van der Waals surface area contributed by atoms with E-state index in [1.54, 1.807) is 49.4 Å². The normalized spacial score (nSPS) is 19.1. The Labute approximate surface area is 192 Å². The molecule has 3 aromatic rings. The number of carbonyl (C=O) groups is 2. The van der Waals surface area contributed by atoms with Gasteiger partial charge in [0.15, 0.2) is 11.5 Å². The van der Waals surface area contributed by atoms with Gasteiger partial charge in [-0.3, -0.25) is 14.5 Å². The molecule has 2 aliphatic rings. The van der Waals surface area contributed by atoms with Crippen LogP contribution in [0.25, 0.3) is 5.76 Å². The maximum atomic E-state index is 13.2. The number of anilines is 1. The van der Waals surface area contributed by atoms with Gasteiger partial charge in [0, 0.05) is 5.56 Å². The number of ketones is 1. The highest BCUT2D eigenvalue weighted by molar-refractivity contribution is 7.15. The fourth-order valence-corrected chi connectivity index (χ4v) is 4.60. The topological polar surface area (TPSA) is 111 Å². The molecule has 1 aromatic heterocycles. The van der Waals surface area contributed by atoms with Crippen molar-refractivity contribution in [3.8, 4) is 17.2 Å². The number of fused-ring (bicyclic) bond motifs is 1. The van der Waals surface area contributed by atoms with Crippen molar-refractivity contribution >= 4 is 33.9 Å². The van der Waals surface area contributed by atoms with Crippen LogP contribution in [-0.4, -0.2) is 47.3 Å². The van der Waals surface area contributed by atoms with Crippen molar-refractivity contribution < 1.29 is 28.9 Å². The summed E-state index contributed by atoms with van der Waals surface area (Å²) in [5, 5.41) is 20.2. The number of hydrogen-bond acceptors (Lipinski definition) is 9. The second kappa shape index (κ2) is 8.21. The molecule has 0 saturated carbocycles. The van der Waals surface area contributed by atoms with Crippen LogP contribution < -0.4 is 19.1 Å². The van der Waals surface area contributed by atoms with Gasteiger partial charge in [-0.05, 0) is 42.8 Å². The van der Waals surface area contributed by atoms with Gasteiger partial charge in [0.2, 0.25) is 5.13 Å². The lowest BCUT2D eigenvalue weighted by molar-refractivity contribution is -0.132. The quantitative estimate of drug-likeness (QED) is 0.355. The third kappa shape index (κ3) is 3.58. The van der Waals surface area contributed by atoms with E-state index in [0.29, 0.717) is 46.6 Å². The van der Waals surface area contributed by atoms with Gasteiger partial charge in [0.25, 0.3) is 5.78 Å². The monoisotopic (exact) mass is 465 g/mol. The number of aliphatic hydroxyl groups excluding tert-OH is 1. The van der Waals surface area contributed by atoms with Gasteiger partial charge in [-0.15, -0.1) is 10.2 Å². The van der Waals surface area contributed by atoms with Gasteiger partial charge in [-0.1, -0.05) is 23.5 Å². The summed E-state index contributed by atoms with van der Waals surface area (Å²) in [6.45, 7) is 2.57. The molecular formula is C23H19N3O6S. The SMILES string of the molecule is COc1cccc(C2C(=C(O)c3ccc4c(c3)OCCO4)C(=O)C(=O)N2c2nnc(C)s2)c1. The standard InChI is InChI=1S/C23H19N3O6S/c1-12-24-25-23(33-12)26-19(13-4-3-5-15(10-13)30-2)18(21(28)22(26)29)20(27)14-6-7-16-17(11-14)32-9-8-31-16/h3-7,10-11,19,27H,8-9H2,1-2H3. The molecule has 1 atom stereocenters. The van der Waals surface area contributed by atoms with Crippen LogP contribution in [0.1, 0.15) is 22.2 Å². The molecule has 1 unspecified atom stereocenters. The predicted molar refractivity (Wildman–Crippen MR) is 120 cm³/mol. The van der Waals surface area contributed by atoms with Crippen LogP contribution >= 0.6 is 11.3 Å². The van der Waals surface area contributed by atoms with E-state index in [2.05, 4.69) is 10.2 Å². The van der Waals surface area contributed by atoms with Gasteiger partial charge in [-0.2, -0.15) is 0 Å². The van der Waals surface area contributed by atoms with Crippen molar-refractivity contribution in [1.29, 1.82) is 0 Å². The molecule has 2 aliphatic heterocycles. The molecular weight excluding hydrogens is 446 g/mol. The minimum Gasteiger partial charge on any atom is -0.507 e. The molecule has 0 bridgehead atoms. The summed E-state index contributed by atoms with van der Waals surface area (Å²) in [4.78, 5) is 27.6. The second-order valence-corrected chi connectivity index (χ2v) is 8.57. The maximum Gasteiger partial charge on any atom is 0.301 e. The zero-order valence-corrected chi connectivity index (χ0v) is 18.6. The summed E-state index contributed by atoms with van der Waals surface area (Å²) < 4.78 is 16.5. The Morgan fingerprint density at radius 3 is 2.64 bits per heavy atom. The van der Waals surface area contributed by atoms with Gasteiger partial charge < -0.3 is 19.3 Å². The summed E-state index contributed by atoms with van der Waals surface area (Å²) in [7, 11) is 1.53. The highest BCUT2D eigenvalue weighted by atomic mass is 32.1. The van der Waals surface area contributed by atoms with E-state index in [0.717, 1.165) is 0 Å². The van der Waals surface area contributed by atoms with Crippen LogP contribution in [0.15, 0.2) is 48.0 Å². The smallest absolute Gasteiger partial charge is 0.301 e. The Morgan fingerprint density at radius 2 is 1.91 bits per heavy atom. The zero-order chi connectivity index (χ0) is 23.1. The second-order valence-electron chi connectivity index (χ2n) is 7.41. The van der Waals surface area contributed by atoms with Crippen LogP contribution in [0.3, 0.4) is 0 Å². The molecule has 168 valence electrons. The minimum absolute atomic E-state index is 0.0576. The number of Topliss-reactive ketones (excluding diaryl/α,β-unsaturated/α-hetero) is 1. The van der Waals surface area contributed by atoms with E-state index < -0.39 is 17.7 Å². The number of benzene rings is 2. The molecule has 33 heavy (non-hydrogen) atoms. The summed E-state index contributed by atoms with van der Waals surface area (Å²) in [5.41, 5.74) is 0.858. The fourth-order valence-electron chi connectivity index (χ4n) is 3.89. The van der Waals surface area contributed by atoms with Crippen LogP contribution in [0.2, 0.25) is 0 Å². The molecule has 1 saturated heterocycles. The number of nitrogens with zero attached hydrogens (tertiary/aromatic N) is 3.